The van der Waals surface area contributed by atoms with E-state index in [-0.39, 0.29) is 15.4 Å². The standard InChI is InChI=1S/C16H25N3O4S2/c1-4-5-6-7-8-24(21)13-9-11(2)12(15(20)19-16(17)18)10-14(13)25(3,22)23/h9-10H,4-8H2,1-3H3,(H4,17,18,19,20). The highest BCUT2D eigenvalue weighted by Gasteiger charge is 2.22. The van der Waals surface area contributed by atoms with Crippen LogP contribution in [0.15, 0.2) is 26.9 Å². The molecule has 9 heteroatoms. The van der Waals surface area contributed by atoms with E-state index in [1.165, 1.54) is 12.1 Å². The fraction of sp³-hybridized carbons (Fsp3) is 0.500. The van der Waals surface area contributed by atoms with Crippen molar-refractivity contribution < 1.29 is 17.4 Å². The van der Waals surface area contributed by atoms with Gasteiger partial charge in [-0.25, -0.2) is 8.42 Å². The molecule has 0 saturated carbocycles. The Morgan fingerprint density at radius 1 is 1.20 bits per heavy atom. The summed E-state index contributed by atoms with van der Waals surface area (Å²) in [5, 5.41) is 0. The molecule has 1 atom stereocenters. The summed E-state index contributed by atoms with van der Waals surface area (Å²) in [7, 11) is -5.13. The van der Waals surface area contributed by atoms with E-state index in [2.05, 4.69) is 11.9 Å². The third-order valence-corrected chi connectivity index (χ3v) is 6.33. The van der Waals surface area contributed by atoms with Gasteiger partial charge in [0.25, 0.3) is 5.91 Å². The molecule has 25 heavy (non-hydrogen) atoms. The first-order valence-electron chi connectivity index (χ1n) is 7.95. The first kappa shape index (κ1) is 21.3. The lowest BCUT2D eigenvalue weighted by molar-refractivity contribution is 0.100. The van der Waals surface area contributed by atoms with Gasteiger partial charge in [-0.2, -0.15) is 4.99 Å². The highest BCUT2D eigenvalue weighted by molar-refractivity contribution is 7.92. The van der Waals surface area contributed by atoms with Gasteiger partial charge in [-0.15, -0.1) is 0 Å². The number of hydrogen-bond donors (Lipinski definition) is 2. The highest BCUT2D eigenvalue weighted by atomic mass is 32.2. The quantitative estimate of drug-likeness (QED) is 0.394. The van der Waals surface area contributed by atoms with Crippen LogP contribution in [0, 0.1) is 6.92 Å². The number of nitrogens with zero attached hydrogens (tertiary/aromatic N) is 1. The Hall–Kier alpha value is -1.74. The average molecular weight is 388 g/mol. The summed E-state index contributed by atoms with van der Waals surface area (Å²) < 4.78 is 36.8. The number of unbranched alkanes of at least 4 members (excludes halogenated alkanes) is 3. The van der Waals surface area contributed by atoms with Crippen LogP contribution >= 0.6 is 0 Å². The molecule has 0 aliphatic heterocycles. The van der Waals surface area contributed by atoms with Gasteiger partial charge in [0.15, 0.2) is 15.8 Å². The molecule has 0 saturated heterocycles. The number of amides is 1. The first-order valence-corrected chi connectivity index (χ1v) is 11.2. The van der Waals surface area contributed by atoms with Crippen molar-refractivity contribution in [3.63, 3.8) is 0 Å². The van der Waals surface area contributed by atoms with Crippen LogP contribution in [0.25, 0.3) is 0 Å². The number of benzene rings is 1. The summed E-state index contributed by atoms with van der Waals surface area (Å²) in [5.74, 6) is -0.764. The number of aliphatic imine (C=N–C) groups is 1. The predicted molar refractivity (Wildman–Crippen MR) is 99.8 cm³/mol. The Morgan fingerprint density at radius 2 is 1.84 bits per heavy atom. The van der Waals surface area contributed by atoms with E-state index in [9.17, 15) is 17.4 Å². The Morgan fingerprint density at radius 3 is 2.36 bits per heavy atom. The topological polar surface area (TPSA) is 133 Å². The van der Waals surface area contributed by atoms with E-state index in [1.54, 1.807) is 6.92 Å². The van der Waals surface area contributed by atoms with Gasteiger partial charge in [0.2, 0.25) is 0 Å². The van der Waals surface area contributed by atoms with Crippen LogP contribution in [0.4, 0.5) is 0 Å². The zero-order chi connectivity index (χ0) is 19.2. The molecule has 1 aromatic rings. The number of guanidine groups is 1. The molecule has 1 rings (SSSR count). The van der Waals surface area contributed by atoms with Gasteiger partial charge < -0.3 is 11.5 Å². The second-order valence-electron chi connectivity index (χ2n) is 5.84. The molecule has 0 bridgehead atoms. The first-order chi connectivity index (χ1) is 11.6. The molecule has 7 nitrogen and oxygen atoms in total. The maximum Gasteiger partial charge on any atom is 0.280 e. The van der Waals surface area contributed by atoms with E-state index in [4.69, 9.17) is 11.5 Å². The fourth-order valence-electron chi connectivity index (χ4n) is 2.31. The largest absolute Gasteiger partial charge is 0.370 e. The fourth-order valence-corrected chi connectivity index (χ4v) is 5.07. The predicted octanol–water partition coefficient (Wildman–Crippen LogP) is 1.50. The van der Waals surface area contributed by atoms with Crippen molar-refractivity contribution in [2.45, 2.75) is 49.3 Å². The Bertz CT molecular complexity index is 798. The minimum absolute atomic E-state index is 0.0700. The van der Waals surface area contributed by atoms with Crippen molar-refractivity contribution in [2.24, 2.45) is 16.5 Å². The van der Waals surface area contributed by atoms with Crippen molar-refractivity contribution in [1.82, 2.24) is 0 Å². The monoisotopic (exact) mass is 387 g/mol. The molecule has 1 amide bonds. The minimum Gasteiger partial charge on any atom is -0.370 e. The lowest BCUT2D eigenvalue weighted by Crippen LogP contribution is -2.24. The molecule has 4 N–H and O–H groups in total. The molecule has 140 valence electrons. The SMILES string of the molecule is CCCCCCS(=O)c1cc(C)c(C(=O)N=C(N)N)cc1S(C)(=O)=O. The summed E-state index contributed by atoms with van der Waals surface area (Å²) in [4.78, 5) is 15.6. The van der Waals surface area contributed by atoms with Crippen molar-refractivity contribution in [3.05, 3.63) is 23.3 Å². The summed E-state index contributed by atoms with van der Waals surface area (Å²) in [6.45, 7) is 3.70. The summed E-state index contributed by atoms with van der Waals surface area (Å²) in [6, 6.07) is 2.68. The van der Waals surface area contributed by atoms with E-state index in [0.29, 0.717) is 11.3 Å². The molecular formula is C16H25N3O4S2. The lowest BCUT2D eigenvalue weighted by Gasteiger charge is -2.12. The Kier molecular flexibility index (Phi) is 7.75. The summed E-state index contributed by atoms with van der Waals surface area (Å²) >= 11 is 0. The van der Waals surface area contributed by atoms with Crippen LogP contribution in [0.3, 0.4) is 0 Å². The number of sulfone groups is 1. The molecule has 1 unspecified atom stereocenters. The molecule has 0 heterocycles. The van der Waals surface area contributed by atoms with Crippen LogP contribution in [-0.2, 0) is 20.6 Å². The molecule has 0 radical (unpaired) electrons. The van der Waals surface area contributed by atoms with Crippen LogP contribution in [0.1, 0.15) is 48.5 Å². The van der Waals surface area contributed by atoms with E-state index < -0.39 is 32.5 Å². The van der Waals surface area contributed by atoms with Crippen molar-refractivity contribution in [2.75, 3.05) is 12.0 Å². The summed E-state index contributed by atoms with van der Waals surface area (Å²) in [6.07, 6.45) is 4.81. The van der Waals surface area contributed by atoms with Crippen LogP contribution in [0.5, 0.6) is 0 Å². The number of nitrogens with two attached hydrogens (primary N) is 2. The van der Waals surface area contributed by atoms with Crippen LogP contribution < -0.4 is 11.5 Å². The van der Waals surface area contributed by atoms with Gasteiger partial charge in [0.1, 0.15) is 0 Å². The van der Waals surface area contributed by atoms with Gasteiger partial charge >= 0.3 is 0 Å². The zero-order valence-corrected chi connectivity index (χ0v) is 16.4. The van der Waals surface area contributed by atoms with Crippen molar-refractivity contribution in [3.8, 4) is 0 Å². The van der Waals surface area contributed by atoms with Gasteiger partial charge in [-0.3, -0.25) is 9.00 Å². The number of carbonyl (C=O) groups is 1. The van der Waals surface area contributed by atoms with Crippen LogP contribution in [0.2, 0.25) is 0 Å². The Balaban J connectivity index is 3.31. The van der Waals surface area contributed by atoms with Crippen molar-refractivity contribution in [1.29, 1.82) is 0 Å². The van der Waals surface area contributed by atoms with E-state index >= 15 is 0 Å². The number of hydrogen-bond acceptors (Lipinski definition) is 4. The maximum absolute atomic E-state index is 12.6. The minimum atomic E-state index is -3.67. The molecular weight excluding hydrogens is 362 g/mol. The summed E-state index contributed by atoms with van der Waals surface area (Å²) in [5.41, 5.74) is 10.9. The van der Waals surface area contributed by atoms with Crippen molar-refractivity contribution >= 4 is 32.5 Å². The lowest BCUT2D eigenvalue weighted by atomic mass is 10.1. The molecule has 0 fully saturated rings. The molecule has 1 aromatic carbocycles. The molecule has 0 aliphatic carbocycles. The van der Waals surface area contributed by atoms with Gasteiger partial charge in [0, 0.05) is 17.6 Å². The second-order valence-corrected chi connectivity index (χ2v) is 9.36. The van der Waals surface area contributed by atoms with Crippen LogP contribution in [-0.4, -0.2) is 36.5 Å². The number of aryl methyl sites for hydroxylation is 1. The van der Waals surface area contributed by atoms with Gasteiger partial charge in [-0.1, -0.05) is 26.2 Å². The molecule has 0 spiro atoms. The second kappa shape index (κ2) is 9.10. The smallest absolute Gasteiger partial charge is 0.280 e. The average Bonchev–Trinajstić information content (AvgIpc) is 2.49. The van der Waals surface area contributed by atoms with Gasteiger partial charge in [0.05, 0.1) is 20.6 Å². The zero-order valence-electron chi connectivity index (χ0n) is 14.7. The number of carbonyl (C=O) groups excluding carboxylic acids is 1. The highest BCUT2D eigenvalue weighted by Crippen LogP contribution is 2.25. The number of rotatable bonds is 8. The Labute approximate surface area is 151 Å². The van der Waals surface area contributed by atoms with Gasteiger partial charge in [-0.05, 0) is 31.0 Å². The van der Waals surface area contributed by atoms with E-state index in [0.717, 1.165) is 31.9 Å². The van der Waals surface area contributed by atoms with E-state index in [1.807, 2.05) is 0 Å². The third kappa shape index (κ3) is 6.24. The maximum atomic E-state index is 12.6. The normalized spacial score (nSPS) is 12.6. The molecule has 0 aliphatic rings. The third-order valence-electron chi connectivity index (χ3n) is 3.58. The molecule has 0 aromatic heterocycles.